The Morgan fingerprint density at radius 2 is 2.21 bits per heavy atom. The Morgan fingerprint density at radius 1 is 1.34 bits per heavy atom. The first kappa shape index (κ1) is 19.3. The van der Waals surface area contributed by atoms with Crippen molar-refractivity contribution in [3.8, 4) is 5.75 Å². The van der Waals surface area contributed by atoms with Crippen molar-refractivity contribution in [2.75, 3.05) is 26.7 Å². The number of aryl methyl sites for hydroxylation is 1. The van der Waals surface area contributed by atoms with E-state index in [1.54, 1.807) is 19.5 Å². The zero-order chi connectivity index (χ0) is 20.2. The Labute approximate surface area is 169 Å². The minimum Gasteiger partial charge on any atom is -0.496 e. The quantitative estimate of drug-likeness (QED) is 0.632. The van der Waals surface area contributed by atoms with E-state index < -0.39 is 0 Å². The van der Waals surface area contributed by atoms with E-state index >= 15 is 0 Å². The zero-order valence-electron chi connectivity index (χ0n) is 16.8. The fourth-order valence-corrected chi connectivity index (χ4v) is 3.83. The van der Waals surface area contributed by atoms with Gasteiger partial charge in [0.05, 0.1) is 25.8 Å². The van der Waals surface area contributed by atoms with E-state index in [4.69, 9.17) is 9.84 Å². The lowest BCUT2D eigenvalue weighted by Crippen LogP contribution is -2.29. The van der Waals surface area contributed by atoms with Crippen LogP contribution in [0.3, 0.4) is 0 Å². The molecule has 1 fully saturated rings. The summed E-state index contributed by atoms with van der Waals surface area (Å²) in [6.07, 6.45) is 4.72. The molecule has 2 N–H and O–H groups in total. The Bertz CT molecular complexity index is 1010. The van der Waals surface area contributed by atoms with Crippen LogP contribution >= 0.6 is 0 Å². The molecule has 8 heteroatoms. The van der Waals surface area contributed by atoms with Crippen molar-refractivity contribution in [2.24, 2.45) is 0 Å². The van der Waals surface area contributed by atoms with Gasteiger partial charge in [-0.3, -0.25) is 4.79 Å². The summed E-state index contributed by atoms with van der Waals surface area (Å²) in [5.41, 5.74) is 4.61. The smallest absolute Gasteiger partial charge is 0.224 e. The number of carbonyl (C=O) groups is 1. The summed E-state index contributed by atoms with van der Waals surface area (Å²) in [6, 6.07) is 5.85. The molecule has 1 aliphatic heterocycles. The molecule has 8 nitrogen and oxygen atoms in total. The molecule has 0 unspecified atom stereocenters. The van der Waals surface area contributed by atoms with Crippen molar-refractivity contribution in [3.05, 3.63) is 47.4 Å². The van der Waals surface area contributed by atoms with Crippen LogP contribution in [0, 0.1) is 6.92 Å². The number of fused-ring (bicyclic) bond motifs is 1. The van der Waals surface area contributed by atoms with Gasteiger partial charge in [0.25, 0.3) is 0 Å². The third kappa shape index (κ3) is 4.22. The molecule has 0 radical (unpaired) electrons. The van der Waals surface area contributed by atoms with E-state index in [1.807, 2.05) is 29.8 Å². The average molecular weight is 394 g/mol. The molecule has 152 valence electrons. The maximum absolute atomic E-state index is 12.4. The highest BCUT2D eigenvalue weighted by Crippen LogP contribution is 2.26. The van der Waals surface area contributed by atoms with E-state index in [9.17, 15) is 4.79 Å². The maximum Gasteiger partial charge on any atom is 0.224 e. The van der Waals surface area contributed by atoms with Gasteiger partial charge >= 0.3 is 0 Å². The summed E-state index contributed by atoms with van der Waals surface area (Å²) in [7, 11) is 1.62. The number of ether oxygens (including phenoxy) is 1. The largest absolute Gasteiger partial charge is 0.496 e. The Morgan fingerprint density at radius 3 is 3.00 bits per heavy atom. The number of nitrogens with one attached hydrogen (secondary N) is 2. The zero-order valence-corrected chi connectivity index (χ0v) is 16.8. The van der Waals surface area contributed by atoms with Crippen LogP contribution in [0.5, 0.6) is 5.75 Å². The van der Waals surface area contributed by atoms with Crippen LogP contribution in [0.25, 0.3) is 11.2 Å². The molecule has 0 bridgehead atoms. The Balaban J connectivity index is 1.41. The number of hydrogen-bond acceptors (Lipinski definition) is 6. The van der Waals surface area contributed by atoms with Crippen LogP contribution in [0.2, 0.25) is 0 Å². The van der Waals surface area contributed by atoms with Gasteiger partial charge in [-0.1, -0.05) is 17.7 Å². The second kappa shape index (κ2) is 8.57. The number of methoxy groups -OCH3 is 1. The molecule has 0 saturated carbocycles. The van der Waals surface area contributed by atoms with E-state index in [0.29, 0.717) is 19.0 Å². The molecule has 1 aliphatic rings. The maximum atomic E-state index is 12.4. The highest BCUT2D eigenvalue weighted by Gasteiger charge is 2.24. The number of carbonyl (C=O) groups excluding carboxylic acids is 1. The van der Waals surface area contributed by atoms with Gasteiger partial charge in [-0.05, 0) is 26.0 Å². The van der Waals surface area contributed by atoms with Crippen molar-refractivity contribution < 1.29 is 9.53 Å². The van der Waals surface area contributed by atoms with Crippen LogP contribution in [-0.2, 0) is 17.8 Å². The highest BCUT2D eigenvalue weighted by atomic mass is 16.5. The van der Waals surface area contributed by atoms with Crippen molar-refractivity contribution in [1.29, 1.82) is 0 Å². The number of rotatable bonds is 7. The molecule has 4 rings (SSSR count). The van der Waals surface area contributed by atoms with Crippen LogP contribution in [0.15, 0.2) is 30.6 Å². The van der Waals surface area contributed by atoms with Crippen molar-refractivity contribution in [3.63, 3.8) is 0 Å². The van der Waals surface area contributed by atoms with Crippen molar-refractivity contribution >= 4 is 17.1 Å². The average Bonchev–Trinajstić information content (AvgIpc) is 3.36. The third-order valence-electron chi connectivity index (χ3n) is 5.27. The van der Waals surface area contributed by atoms with E-state index in [1.165, 1.54) is 0 Å². The third-order valence-corrected chi connectivity index (χ3v) is 5.27. The fraction of sp³-hybridized carbons (Fsp3) is 0.429. The first-order valence-corrected chi connectivity index (χ1v) is 9.94. The molecule has 0 spiro atoms. The molecule has 1 amide bonds. The number of amides is 1. The molecule has 3 heterocycles. The predicted octanol–water partition coefficient (Wildman–Crippen LogP) is 1.58. The van der Waals surface area contributed by atoms with Gasteiger partial charge in [0, 0.05) is 37.0 Å². The lowest BCUT2D eigenvalue weighted by atomic mass is 10.0. The van der Waals surface area contributed by atoms with E-state index in [0.717, 1.165) is 53.2 Å². The summed E-state index contributed by atoms with van der Waals surface area (Å²) in [6.45, 7) is 4.94. The highest BCUT2D eigenvalue weighted by molar-refractivity contribution is 5.79. The van der Waals surface area contributed by atoms with Crippen LogP contribution in [0.4, 0.5) is 0 Å². The fourth-order valence-electron chi connectivity index (χ4n) is 3.83. The van der Waals surface area contributed by atoms with Crippen molar-refractivity contribution in [2.45, 2.75) is 32.2 Å². The number of hydrogen-bond donors (Lipinski definition) is 2. The number of nitrogens with zero attached hydrogens (tertiary/aromatic N) is 4. The molecule has 0 aliphatic carbocycles. The van der Waals surface area contributed by atoms with Crippen molar-refractivity contribution in [1.82, 2.24) is 30.4 Å². The van der Waals surface area contributed by atoms with Gasteiger partial charge < -0.3 is 15.4 Å². The Hall–Kier alpha value is -3.00. The topological polar surface area (TPSA) is 94.0 Å². The van der Waals surface area contributed by atoms with E-state index in [-0.39, 0.29) is 12.3 Å². The molecular weight excluding hydrogens is 368 g/mol. The lowest BCUT2D eigenvalue weighted by Gasteiger charge is -2.10. The monoisotopic (exact) mass is 394 g/mol. The minimum atomic E-state index is -0.0448. The second-order valence-corrected chi connectivity index (χ2v) is 7.37. The molecule has 1 saturated heterocycles. The Kier molecular flexibility index (Phi) is 5.71. The number of benzene rings is 1. The first-order valence-electron chi connectivity index (χ1n) is 9.94. The van der Waals surface area contributed by atoms with Gasteiger partial charge in [-0.15, -0.1) is 0 Å². The number of aromatic nitrogens is 4. The van der Waals surface area contributed by atoms with Crippen LogP contribution in [-0.4, -0.2) is 52.4 Å². The van der Waals surface area contributed by atoms with Gasteiger partial charge in [-0.25, -0.2) is 14.6 Å². The SMILES string of the molecule is COc1ccc(C)cc1CC(=O)NCCn1nc([C@@H]2CCNC2)c2nccnc21. The normalized spacial score (nSPS) is 16.3. The lowest BCUT2D eigenvalue weighted by molar-refractivity contribution is -0.120. The van der Waals surface area contributed by atoms with Crippen LogP contribution in [0.1, 0.15) is 29.2 Å². The second-order valence-electron chi connectivity index (χ2n) is 7.37. The summed E-state index contributed by atoms with van der Waals surface area (Å²) in [5.74, 6) is 1.05. The standard InChI is InChI=1S/C21H26N6O2/c1-14-3-4-17(29-2)16(11-14)12-18(28)23-9-10-27-21-20(24-7-8-25-21)19(26-27)15-5-6-22-13-15/h3-4,7-8,11,15,22H,5-6,9-10,12-13H2,1-2H3,(H,23,28)/t15-/m1/s1. The van der Waals surface area contributed by atoms with Crippen LogP contribution < -0.4 is 15.4 Å². The predicted molar refractivity (Wildman–Crippen MR) is 110 cm³/mol. The summed E-state index contributed by atoms with van der Waals surface area (Å²) in [5, 5.41) is 11.1. The molecule has 29 heavy (non-hydrogen) atoms. The summed E-state index contributed by atoms with van der Waals surface area (Å²) >= 11 is 0. The van der Waals surface area contributed by atoms with Gasteiger partial charge in [0.1, 0.15) is 11.3 Å². The van der Waals surface area contributed by atoms with Gasteiger partial charge in [0.2, 0.25) is 5.91 Å². The van der Waals surface area contributed by atoms with Gasteiger partial charge in [-0.2, -0.15) is 5.10 Å². The van der Waals surface area contributed by atoms with Gasteiger partial charge in [0.15, 0.2) is 5.65 Å². The minimum absolute atomic E-state index is 0.0448. The summed E-state index contributed by atoms with van der Waals surface area (Å²) in [4.78, 5) is 21.4. The first-order chi connectivity index (χ1) is 14.2. The molecule has 2 aromatic heterocycles. The molecule has 1 atom stereocenters. The molecule has 1 aromatic carbocycles. The van der Waals surface area contributed by atoms with E-state index in [2.05, 4.69) is 20.6 Å². The molecular formula is C21H26N6O2. The molecule has 3 aromatic rings. The summed E-state index contributed by atoms with van der Waals surface area (Å²) < 4.78 is 7.21.